The summed E-state index contributed by atoms with van der Waals surface area (Å²) in [6, 6.07) is 14.1. The Balaban J connectivity index is 2.12. The summed E-state index contributed by atoms with van der Waals surface area (Å²) in [6.45, 7) is 1.65. The SMILES string of the molecule is Cc1cc(=O)c(Oc2ccccc2Cl)c(-c2ccc(S(C)(=O)=O)cc2)o1. The largest absolute Gasteiger partial charge is 0.457 e. The second-order valence-corrected chi connectivity index (χ2v) is 8.13. The molecule has 3 rings (SSSR count). The van der Waals surface area contributed by atoms with E-state index >= 15 is 0 Å². The van der Waals surface area contributed by atoms with Crippen molar-refractivity contribution in [3.05, 3.63) is 75.6 Å². The molecular formula is C19H15ClO5S. The van der Waals surface area contributed by atoms with E-state index in [1.807, 2.05) is 0 Å². The Hall–Kier alpha value is -2.57. The van der Waals surface area contributed by atoms with Gasteiger partial charge in [0.25, 0.3) is 0 Å². The highest BCUT2D eigenvalue weighted by Crippen LogP contribution is 2.34. The first-order valence-corrected chi connectivity index (χ1v) is 9.90. The van der Waals surface area contributed by atoms with Gasteiger partial charge in [-0.3, -0.25) is 4.79 Å². The number of hydrogen-bond donors (Lipinski definition) is 0. The van der Waals surface area contributed by atoms with Crippen molar-refractivity contribution in [3.8, 4) is 22.8 Å². The number of sulfone groups is 1. The van der Waals surface area contributed by atoms with Crippen LogP contribution in [0.5, 0.6) is 11.5 Å². The number of rotatable bonds is 4. The fourth-order valence-electron chi connectivity index (χ4n) is 2.38. The quantitative estimate of drug-likeness (QED) is 0.657. The van der Waals surface area contributed by atoms with Gasteiger partial charge in [-0.05, 0) is 43.3 Å². The Bertz CT molecular complexity index is 1120. The molecular weight excluding hydrogens is 376 g/mol. The third kappa shape index (κ3) is 3.81. The first kappa shape index (κ1) is 18.2. The Morgan fingerprint density at radius 1 is 1.04 bits per heavy atom. The molecule has 0 spiro atoms. The number of ether oxygens (including phenoxy) is 1. The lowest BCUT2D eigenvalue weighted by Crippen LogP contribution is -2.06. The lowest BCUT2D eigenvalue weighted by molar-refractivity contribution is 0.438. The molecule has 0 bridgehead atoms. The molecule has 0 aliphatic carbocycles. The van der Waals surface area contributed by atoms with Crippen molar-refractivity contribution in [2.75, 3.05) is 6.26 Å². The summed E-state index contributed by atoms with van der Waals surface area (Å²) in [4.78, 5) is 12.6. The van der Waals surface area contributed by atoms with Crippen LogP contribution in [0.4, 0.5) is 0 Å². The summed E-state index contributed by atoms with van der Waals surface area (Å²) in [7, 11) is -3.32. The minimum absolute atomic E-state index is 0.0178. The van der Waals surface area contributed by atoms with Gasteiger partial charge in [-0.15, -0.1) is 0 Å². The number of aryl methyl sites for hydroxylation is 1. The average Bonchev–Trinajstić information content (AvgIpc) is 2.58. The van der Waals surface area contributed by atoms with E-state index in [1.54, 1.807) is 43.3 Å². The number of para-hydroxylation sites is 1. The molecule has 0 unspecified atom stereocenters. The number of benzene rings is 2. The van der Waals surface area contributed by atoms with Gasteiger partial charge in [0.05, 0.1) is 9.92 Å². The summed E-state index contributed by atoms with van der Waals surface area (Å²) in [6.07, 6.45) is 1.13. The fraction of sp³-hybridized carbons (Fsp3) is 0.105. The summed E-state index contributed by atoms with van der Waals surface area (Å²) in [5.74, 6) is 0.911. The molecule has 0 amide bonds. The molecule has 0 aliphatic rings. The van der Waals surface area contributed by atoms with Crippen molar-refractivity contribution in [1.82, 2.24) is 0 Å². The van der Waals surface area contributed by atoms with Crippen LogP contribution in [0, 0.1) is 6.92 Å². The predicted molar refractivity (Wildman–Crippen MR) is 99.8 cm³/mol. The Morgan fingerprint density at radius 2 is 1.69 bits per heavy atom. The van der Waals surface area contributed by atoms with Crippen LogP contribution in [-0.2, 0) is 9.84 Å². The second-order valence-electron chi connectivity index (χ2n) is 5.71. The summed E-state index contributed by atoms with van der Waals surface area (Å²) >= 11 is 6.10. The molecule has 0 aliphatic heterocycles. The zero-order valence-electron chi connectivity index (χ0n) is 14.0. The van der Waals surface area contributed by atoms with Crippen LogP contribution in [0.15, 0.2) is 68.7 Å². The summed E-state index contributed by atoms with van der Waals surface area (Å²) in [5.41, 5.74) is 0.149. The molecule has 0 fully saturated rings. The molecule has 7 heteroatoms. The Morgan fingerprint density at radius 3 is 2.31 bits per heavy atom. The van der Waals surface area contributed by atoms with Crippen molar-refractivity contribution in [2.45, 2.75) is 11.8 Å². The maximum absolute atomic E-state index is 12.5. The van der Waals surface area contributed by atoms with Gasteiger partial charge >= 0.3 is 0 Å². The van der Waals surface area contributed by atoms with Crippen LogP contribution >= 0.6 is 11.6 Å². The molecule has 0 saturated heterocycles. The molecule has 0 radical (unpaired) electrons. The molecule has 26 heavy (non-hydrogen) atoms. The van der Waals surface area contributed by atoms with Gasteiger partial charge in [-0.2, -0.15) is 0 Å². The zero-order chi connectivity index (χ0) is 18.9. The van der Waals surface area contributed by atoms with Gasteiger partial charge in [0.1, 0.15) is 11.5 Å². The summed E-state index contributed by atoms with van der Waals surface area (Å²) in [5, 5.41) is 0.353. The topological polar surface area (TPSA) is 73.6 Å². The van der Waals surface area contributed by atoms with Gasteiger partial charge in [0, 0.05) is 17.9 Å². The Labute approximate surface area is 155 Å². The van der Waals surface area contributed by atoms with E-state index in [1.165, 1.54) is 18.2 Å². The molecule has 5 nitrogen and oxygen atoms in total. The van der Waals surface area contributed by atoms with Gasteiger partial charge in [0.15, 0.2) is 15.6 Å². The van der Waals surface area contributed by atoms with Gasteiger partial charge in [0.2, 0.25) is 11.2 Å². The number of hydrogen-bond acceptors (Lipinski definition) is 5. The van der Waals surface area contributed by atoms with E-state index in [0.717, 1.165) is 6.26 Å². The van der Waals surface area contributed by atoms with E-state index in [-0.39, 0.29) is 21.8 Å². The normalized spacial score (nSPS) is 11.3. The lowest BCUT2D eigenvalue weighted by atomic mass is 10.1. The van der Waals surface area contributed by atoms with E-state index in [4.69, 9.17) is 20.8 Å². The van der Waals surface area contributed by atoms with Gasteiger partial charge < -0.3 is 9.15 Å². The van der Waals surface area contributed by atoms with Crippen LogP contribution in [0.2, 0.25) is 5.02 Å². The van der Waals surface area contributed by atoms with E-state index in [2.05, 4.69) is 0 Å². The highest BCUT2D eigenvalue weighted by Gasteiger charge is 2.17. The van der Waals surface area contributed by atoms with Gasteiger partial charge in [-0.25, -0.2) is 8.42 Å². The second kappa shape index (κ2) is 6.97. The van der Waals surface area contributed by atoms with Crippen molar-refractivity contribution < 1.29 is 17.6 Å². The smallest absolute Gasteiger partial charge is 0.228 e. The fourth-order valence-corrected chi connectivity index (χ4v) is 3.18. The van der Waals surface area contributed by atoms with E-state index in [9.17, 15) is 13.2 Å². The van der Waals surface area contributed by atoms with Crippen molar-refractivity contribution >= 4 is 21.4 Å². The molecule has 1 aromatic heterocycles. The first-order chi connectivity index (χ1) is 12.3. The highest BCUT2D eigenvalue weighted by molar-refractivity contribution is 7.90. The van der Waals surface area contributed by atoms with Crippen LogP contribution < -0.4 is 10.2 Å². The maximum Gasteiger partial charge on any atom is 0.228 e. The van der Waals surface area contributed by atoms with E-state index in [0.29, 0.717) is 22.1 Å². The highest BCUT2D eigenvalue weighted by atomic mass is 35.5. The molecule has 134 valence electrons. The minimum atomic E-state index is -3.32. The zero-order valence-corrected chi connectivity index (χ0v) is 15.6. The van der Waals surface area contributed by atoms with Crippen molar-refractivity contribution in [3.63, 3.8) is 0 Å². The molecule has 1 heterocycles. The van der Waals surface area contributed by atoms with Crippen molar-refractivity contribution in [1.29, 1.82) is 0 Å². The maximum atomic E-state index is 12.5. The Kier molecular flexibility index (Phi) is 4.89. The van der Waals surface area contributed by atoms with Crippen LogP contribution in [0.1, 0.15) is 5.76 Å². The third-order valence-corrected chi connectivity index (χ3v) is 5.06. The molecule has 0 saturated carbocycles. The standard InChI is InChI=1S/C19H15ClO5S/c1-12-11-16(21)19(25-17-6-4-3-5-15(17)20)18(24-12)13-7-9-14(10-8-13)26(2,22)23/h3-11H,1-2H3. The van der Waals surface area contributed by atoms with Crippen LogP contribution in [0.3, 0.4) is 0 Å². The van der Waals surface area contributed by atoms with Crippen LogP contribution in [0.25, 0.3) is 11.3 Å². The molecule has 0 atom stereocenters. The van der Waals surface area contributed by atoms with Crippen molar-refractivity contribution in [2.24, 2.45) is 0 Å². The van der Waals surface area contributed by atoms with Gasteiger partial charge in [-0.1, -0.05) is 23.7 Å². The molecule has 0 N–H and O–H groups in total. The predicted octanol–water partition coefficient (Wildman–Crippen LogP) is 4.46. The lowest BCUT2D eigenvalue weighted by Gasteiger charge is -2.11. The average molecular weight is 391 g/mol. The minimum Gasteiger partial charge on any atom is -0.457 e. The summed E-state index contributed by atoms with van der Waals surface area (Å²) < 4.78 is 34.7. The third-order valence-electron chi connectivity index (χ3n) is 3.62. The monoisotopic (exact) mass is 390 g/mol. The number of halogens is 1. The van der Waals surface area contributed by atoms with E-state index < -0.39 is 9.84 Å². The molecule has 3 aromatic rings. The first-order valence-electron chi connectivity index (χ1n) is 7.63. The molecule has 2 aromatic carbocycles. The van der Waals surface area contributed by atoms with Crippen LogP contribution in [-0.4, -0.2) is 14.7 Å².